The number of ether oxygens (including phenoxy) is 2. The van der Waals surface area contributed by atoms with Gasteiger partial charge in [-0.2, -0.15) is 0 Å². The Morgan fingerprint density at radius 3 is 1.79 bits per heavy atom. The maximum atomic E-state index is 5.72. The van der Waals surface area contributed by atoms with Crippen LogP contribution < -0.4 is 5.32 Å². The van der Waals surface area contributed by atoms with Crippen LogP contribution in [0.15, 0.2) is 0 Å². The van der Waals surface area contributed by atoms with Gasteiger partial charge in [-0.05, 0) is 32.6 Å². The summed E-state index contributed by atoms with van der Waals surface area (Å²) in [5, 5.41) is 3.44. The van der Waals surface area contributed by atoms with Crippen molar-refractivity contribution in [3.8, 4) is 0 Å². The summed E-state index contributed by atoms with van der Waals surface area (Å²) in [4.78, 5) is 0. The second-order valence-electron chi connectivity index (χ2n) is 7.41. The molecule has 0 rings (SSSR count). The van der Waals surface area contributed by atoms with Gasteiger partial charge in [-0.15, -0.1) is 0 Å². The van der Waals surface area contributed by atoms with Gasteiger partial charge in [0, 0.05) is 6.54 Å². The van der Waals surface area contributed by atoms with Crippen molar-refractivity contribution in [1.82, 2.24) is 5.32 Å². The summed E-state index contributed by atoms with van der Waals surface area (Å²) in [7, 11) is -1.39. The van der Waals surface area contributed by atoms with Crippen LogP contribution in [0.4, 0.5) is 0 Å². The minimum absolute atomic E-state index is 0.660. The van der Waals surface area contributed by atoms with Crippen LogP contribution in [0.1, 0.15) is 58.3 Å². The monoisotopic (exact) mass is 361 g/mol. The lowest BCUT2D eigenvalue weighted by Gasteiger charge is -2.16. The van der Waals surface area contributed by atoms with Gasteiger partial charge in [0.2, 0.25) is 0 Å². The molecule has 0 aromatic heterocycles. The molecule has 0 fully saturated rings. The third-order valence-electron chi connectivity index (χ3n) is 3.77. The van der Waals surface area contributed by atoms with E-state index in [-0.39, 0.29) is 0 Å². The van der Waals surface area contributed by atoms with Gasteiger partial charge >= 0.3 is 0 Å². The molecule has 0 unspecified atom stereocenters. The number of rotatable bonds is 19. The third-order valence-corrected chi connectivity index (χ3v) is 4.84. The Kier molecular flexibility index (Phi) is 17.9. The van der Waals surface area contributed by atoms with Crippen LogP contribution in [0.2, 0.25) is 19.6 Å². The number of unbranched alkanes of at least 4 members (excludes halogenated alkanes) is 7. The summed E-state index contributed by atoms with van der Waals surface area (Å²) in [6.45, 7) is 14.4. The van der Waals surface area contributed by atoms with E-state index in [0.29, 0.717) is 26.4 Å². The highest BCUT2D eigenvalue weighted by molar-refractivity contribution is 6.69. The molecule has 0 bridgehead atoms. The molecule has 0 spiro atoms. The van der Waals surface area contributed by atoms with E-state index >= 15 is 0 Å². The van der Waals surface area contributed by atoms with Crippen molar-refractivity contribution in [3.63, 3.8) is 0 Å². The van der Waals surface area contributed by atoms with E-state index in [2.05, 4.69) is 31.9 Å². The molecule has 0 heterocycles. The van der Waals surface area contributed by atoms with E-state index in [9.17, 15) is 0 Å². The third kappa shape index (κ3) is 22.1. The van der Waals surface area contributed by atoms with E-state index in [1.54, 1.807) is 0 Å². The molecule has 1 N–H and O–H groups in total. The van der Waals surface area contributed by atoms with E-state index in [1.165, 1.54) is 51.4 Å². The molecule has 0 aliphatic rings. The first kappa shape index (κ1) is 24.1. The first-order chi connectivity index (χ1) is 11.6. The second-order valence-corrected chi connectivity index (χ2v) is 11.9. The van der Waals surface area contributed by atoms with Gasteiger partial charge < -0.3 is 19.2 Å². The summed E-state index contributed by atoms with van der Waals surface area (Å²) < 4.78 is 16.7. The lowest BCUT2D eigenvalue weighted by molar-refractivity contribution is 0.0364. The summed E-state index contributed by atoms with van der Waals surface area (Å²) in [6, 6.07) is 0. The summed E-state index contributed by atoms with van der Waals surface area (Å²) in [6.07, 6.45) is 11.0. The van der Waals surface area contributed by atoms with Gasteiger partial charge in [-0.3, -0.25) is 0 Å². The fourth-order valence-corrected chi connectivity index (χ4v) is 3.08. The summed E-state index contributed by atoms with van der Waals surface area (Å²) in [5.41, 5.74) is 0. The van der Waals surface area contributed by atoms with Crippen LogP contribution in [-0.2, 0) is 13.9 Å². The fourth-order valence-electron chi connectivity index (χ4n) is 2.38. The zero-order valence-corrected chi connectivity index (χ0v) is 17.8. The van der Waals surface area contributed by atoms with Crippen molar-refractivity contribution in [3.05, 3.63) is 0 Å². The Bertz CT molecular complexity index is 247. The molecule has 0 amide bonds. The van der Waals surface area contributed by atoms with Gasteiger partial charge in [0.1, 0.15) is 0 Å². The van der Waals surface area contributed by atoms with Gasteiger partial charge in [-0.25, -0.2) is 0 Å². The van der Waals surface area contributed by atoms with Gasteiger partial charge in [0.25, 0.3) is 0 Å². The highest BCUT2D eigenvalue weighted by Gasteiger charge is 2.12. The molecule has 0 aromatic rings. The maximum absolute atomic E-state index is 5.72. The van der Waals surface area contributed by atoms with Crippen molar-refractivity contribution in [2.45, 2.75) is 77.9 Å². The van der Waals surface area contributed by atoms with Crippen molar-refractivity contribution in [2.24, 2.45) is 0 Å². The Labute approximate surface area is 152 Å². The molecule has 0 aliphatic heterocycles. The molecule has 0 aromatic carbocycles. The molecule has 0 saturated carbocycles. The number of hydrogen-bond acceptors (Lipinski definition) is 4. The van der Waals surface area contributed by atoms with Gasteiger partial charge in [-0.1, -0.05) is 51.9 Å². The lowest BCUT2D eigenvalue weighted by atomic mass is 10.1. The minimum Gasteiger partial charge on any atom is -0.415 e. The Balaban J connectivity index is 3.00. The van der Waals surface area contributed by atoms with Crippen LogP contribution in [0, 0.1) is 0 Å². The molecule has 4 nitrogen and oxygen atoms in total. The van der Waals surface area contributed by atoms with Crippen LogP contribution in [-0.4, -0.2) is 54.4 Å². The average Bonchev–Trinajstić information content (AvgIpc) is 2.52. The van der Waals surface area contributed by atoms with E-state index in [1.807, 2.05) is 0 Å². The Morgan fingerprint density at radius 2 is 1.17 bits per heavy atom. The predicted molar refractivity (Wildman–Crippen MR) is 106 cm³/mol. The molecule has 146 valence electrons. The topological polar surface area (TPSA) is 39.7 Å². The average molecular weight is 362 g/mol. The molecule has 0 aliphatic carbocycles. The van der Waals surface area contributed by atoms with Crippen LogP contribution in [0.5, 0.6) is 0 Å². The molecule has 5 heteroatoms. The zero-order chi connectivity index (χ0) is 17.9. The SMILES string of the molecule is CCCCCCCCCCNCCOCCOCCO[Si](C)(C)C. The highest BCUT2D eigenvalue weighted by atomic mass is 28.4. The summed E-state index contributed by atoms with van der Waals surface area (Å²) in [5.74, 6) is 0. The Hall–Kier alpha value is 0.0569. The fraction of sp³-hybridized carbons (Fsp3) is 1.00. The van der Waals surface area contributed by atoms with E-state index < -0.39 is 8.32 Å². The normalized spacial score (nSPS) is 12.0. The van der Waals surface area contributed by atoms with Crippen molar-refractivity contribution in [2.75, 3.05) is 46.1 Å². The molecular weight excluding hydrogens is 318 g/mol. The smallest absolute Gasteiger partial charge is 0.183 e. The maximum Gasteiger partial charge on any atom is 0.183 e. The lowest BCUT2D eigenvalue weighted by Crippen LogP contribution is -2.27. The molecule has 0 atom stereocenters. The summed E-state index contributed by atoms with van der Waals surface area (Å²) >= 11 is 0. The van der Waals surface area contributed by atoms with Crippen LogP contribution in [0.3, 0.4) is 0 Å². The van der Waals surface area contributed by atoms with Gasteiger partial charge in [0.05, 0.1) is 33.0 Å². The van der Waals surface area contributed by atoms with Crippen LogP contribution in [0.25, 0.3) is 0 Å². The number of nitrogens with one attached hydrogen (secondary N) is 1. The molecule has 0 radical (unpaired) electrons. The van der Waals surface area contributed by atoms with Crippen molar-refractivity contribution >= 4 is 8.32 Å². The molecular formula is C19H43NO3Si. The quantitative estimate of drug-likeness (QED) is 0.269. The molecule has 0 saturated heterocycles. The first-order valence-electron chi connectivity index (χ1n) is 10.1. The van der Waals surface area contributed by atoms with Gasteiger partial charge in [0.15, 0.2) is 8.32 Å². The van der Waals surface area contributed by atoms with E-state index in [4.69, 9.17) is 13.9 Å². The zero-order valence-electron chi connectivity index (χ0n) is 16.8. The first-order valence-corrected chi connectivity index (χ1v) is 13.5. The number of hydrogen-bond donors (Lipinski definition) is 1. The van der Waals surface area contributed by atoms with E-state index in [0.717, 1.165) is 19.7 Å². The standard InChI is InChI=1S/C19H43NO3Si/c1-5-6-7-8-9-10-11-12-13-20-14-15-21-16-17-22-18-19-23-24(2,3)4/h20H,5-19H2,1-4H3. The second kappa shape index (κ2) is 17.9. The van der Waals surface area contributed by atoms with Crippen molar-refractivity contribution in [1.29, 1.82) is 0 Å². The largest absolute Gasteiger partial charge is 0.415 e. The highest BCUT2D eigenvalue weighted by Crippen LogP contribution is 2.07. The minimum atomic E-state index is -1.39. The van der Waals surface area contributed by atoms with Crippen LogP contribution >= 0.6 is 0 Å². The Morgan fingerprint density at radius 1 is 0.625 bits per heavy atom. The molecule has 24 heavy (non-hydrogen) atoms. The predicted octanol–water partition coefficient (Wildman–Crippen LogP) is 4.60. The van der Waals surface area contributed by atoms with Crippen molar-refractivity contribution < 1.29 is 13.9 Å².